The lowest BCUT2D eigenvalue weighted by Gasteiger charge is -2.15. The molecule has 2 rings (SSSR count). The summed E-state index contributed by atoms with van der Waals surface area (Å²) in [7, 11) is -2.06. The zero-order chi connectivity index (χ0) is 21.3. The maximum atomic E-state index is 12.3. The van der Waals surface area contributed by atoms with Gasteiger partial charge in [0.15, 0.2) is 5.96 Å². The summed E-state index contributed by atoms with van der Waals surface area (Å²) in [4.78, 5) is 4.58. The SMILES string of the molecule is CCc1cccc(CC)c1NC(N)=NCc1cccc(S(=O)(=O)NCCOC)c1. The molecule has 0 aliphatic heterocycles. The number of ether oxygens (including phenoxy) is 1. The van der Waals surface area contributed by atoms with Gasteiger partial charge in [-0.05, 0) is 41.7 Å². The van der Waals surface area contributed by atoms with Crippen molar-refractivity contribution in [3.05, 3.63) is 59.2 Å². The van der Waals surface area contributed by atoms with Crippen LogP contribution in [0.5, 0.6) is 0 Å². The monoisotopic (exact) mass is 418 g/mol. The molecule has 0 fully saturated rings. The number of anilines is 1. The molecule has 158 valence electrons. The highest BCUT2D eigenvalue weighted by molar-refractivity contribution is 7.89. The van der Waals surface area contributed by atoms with E-state index in [0.717, 1.165) is 24.1 Å². The summed E-state index contributed by atoms with van der Waals surface area (Å²) in [6.07, 6.45) is 1.78. The Morgan fingerprint density at radius 1 is 1.10 bits per heavy atom. The zero-order valence-electron chi connectivity index (χ0n) is 17.2. The maximum absolute atomic E-state index is 12.3. The number of sulfonamides is 1. The Hall–Kier alpha value is -2.42. The lowest BCUT2D eigenvalue weighted by molar-refractivity contribution is 0.204. The van der Waals surface area contributed by atoms with Crippen LogP contribution in [0.15, 0.2) is 52.4 Å². The molecule has 29 heavy (non-hydrogen) atoms. The molecule has 0 aliphatic rings. The number of aliphatic imine (C=N–C) groups is 1. The Morgan fingerprint density at radius 3 is 2.38 bits per heavy atom. The van der Waals surface area contributed by atoms with Crippen LogP contribution in [0.2, 0.25) is 0 Å². The number of guanidine groups is 1. The third kappa shape index (κ3) is 6.56. The van der Waals surface area contributed by atoms with Crippen LogP contribution >= 0.6 is 0 Å². The largest absolute Gasteiger partial charge is 0.383 e. The Morgan fingerprint density at radius 2 is 1.76 bits per heavy atom. The van der Waals surface area contributed by atoms with E-state index >= 15 is 0 Å². The van der Waals surface area contributed by atoms with Crippen molar-refractivity contribution in [2.24, 2.45) is 10.7 Å². The predicted molar refractivity (Wildman–Crippen MR) is 118 cm³/mol. The van der Waals surface area contributed by atoms with E-state index in [-0.39, 0.29) is 18.0 Å². The summed E-state index contributed by atoms with van der Waals surface area (Å²) in [5.41, 5.74) is 10.2. The van der Waals surface area contributed by atoms with Crippen molar-refractivity contribution >= 4 is 21.7 Å². The van der Waals surface area contributed by atoms with Crippen molar-refractivity contribution in [1.29, 1.82) is 0 Å². The van der Waals surface area contributed by atoms with E-state index in [1.54, 1.807) is 18.2 Å². The topological polar surface area (TPSA) is 106 Å². The van der Waals surface area contributed by atoms with Crippen LogP contribution in [0.3, 0.4) is 0 Å². The molecule has 2 aromatic rings. The molecule has 0 unspecified atom stereocenters. The van der Waals surface area contributed by atoms with Gasteiger partial charge in [-0.3, -0.25) is 0 Å². The summed E-state index contributed by atoms with van der Waals surface area (Å²) in [6.45, 7) is 4.99. The molecule has 4 N–H and O–H groups in total. The second kappa shape index (κ2) is 10.9. The first kappa shape index (κ1) is 22.9. The van der Waals surface area contributed by atoms with Crippen molar-refractivity contribution in [3.8, 4) is 0 Å². The van der Waals surface area contributed by atoms with Crippen molar-refractivity contribution in [3.63, 3.8) is 0 Å². The van der Waals surface area contributed by atoms with Gasteiger partial charge in [-0.15, -0.1) is 0 Å². The molecule has 0 aliphatic carbocycles. The van der Waals surface area contributed by atoms with Gasteiger partial charge in [0.1, 0.15) is 0 Å². The van der Waals surface area contributed by atoms with Crippen LogP contribution < -0.4 is 15.8 Å². The van der Waals surface area contributed by atoms with Crippen LogP contribution in [0.1, 0.15) is 30.5 Å². The molecule has 2 aromatic carbocycles. The van der Waals surface area contributed by atoms with Crippen LogP contribution in [-0.2, 0) is 34.1 Å². The summed E-state index contributed by atoms with van der Waals surface area (Å²) in [6, 6.07) is 12.9. The van der Waals surface area contributed by atoms with E-state index in [2.05, 4.69) is 41.0 Å². The first-order chi connectivity index (χ1) is 13.9. The average molecular weight is 419 g/mol. The van der Waals surface area contributed by atoms with E-state index < -0.39 is 10.0 Å². The van der Waals surface area contributed by atoms with Crippen molar-refractivity contribution in [2.75, 3.05) is 25.6 Å². The number of nitrogens with zero attached hydrogens (tertiary/aromatic N) is 1. The van der Waals surface area contributed by atoms with Crippen molar-refractivity contribution in [1.82, 2.24) is 4.72 Å². The van der Waals surface area contributed by atoms with Gasteiger partial charge in [0.2, 0.25) is 10.0 Å². The predicted octanol–water partition coefficient (Wildman–Crippen LogP) is 2.66. The van der Waals surface area contributed by atoms with Crippen LogP contribution in [-0.4, -0.2) is 34.6 Å². The number of hydrogen-bond donors (Lipinski definition) is 3. The highest BCUT2D eigenvalue weighted by Gasteiger charge is 2.13. The fraction of sp³-hybridized carbons (Fsp3) is 0.381. The number of aryl methyl sites for hydroxylation is 2. The van der Waals surface area contributed by atoms with Gasteiger partial charge < -0.3 is 15.8 Å². The summed E-state index contributed by atoms with van der Waals surface area (Å²) in [5, 5.41) is 3.21. The van der Waals surface area contributed by atoms with Crippen molar-refractivity contribution < 1.29 is 13.2 Å². The van der Waals surface area contributed by atoms with Gasteiger partial charge in [-0.25, -0.2) is 18.1 Å². The first-order valence-corrected chi connectivity index (χ1v) is 11.1. The first-order valence-electron chi connectivity index (χ1n) is 9.66. The minimum Gasteiger partial charge on any atom is -0.383 e. The third-order valence-electron chi connectivity index (χ3n) is 4.49. The molecule has 0 radical (unpaired) electrons. The molecule has 8 heteroatoms. The van der Waals surface area contributed by atoms with Gasteiger partial charge in [-0.1, -0.05) is 44.2 Å². The smallest absolute Gasteiger partial charge is 0.240 e. The molecule has 0 bridgehead atoms. The van der Waals surface area contributed by atoms with E-state index in [9.17, 15) is 8.42 Å². The fourth-order valence-corrected chi connectivity index (χ4v) is 4.00. The number of hydrogen-bond acceptors (Lipinski definition) is 4. The molecule has 0 amide bonds. The Bertz CT molecular complexity index is 920. The normalized spacial score (nSPS) is 12.2. The molecular weight excluding hydrogens is 388 g/mol. The van der Waals surface area contributed by atoms with Gasteiger partial charge in [0.25, 0.3) is 0 Å². The third-order valence-corrected chi connectivity index (χ3v) is 5.95. The van der Waals surface area contributed by atoms with Gasteiger partial charge in [-0.2, -0.15) is 0 Å². The molecule has 0 atom stereocenters. The van der Waals surface area contributed by atoms with E-state index in [0.29, 0.717) is 12.6 Å². The van der Waals surface area contributed by atoms with Gasteiger partial charge in [0.05, 0.1) is 18.0 Å². The summed E-state index contributed by atoms with van der Waals surface area (Å²) >= 11 is 0. The molecule has 0 saturated carbocycles. The maximum Gasteiger partial charge on any atom is 0.240 e. The number of nitrogens with one attached hydrogen (secondary N) is 2. The minimum atomic E-state index is -3.59. The summed E-state index contributed by atoms with van der Waals surface area (Å²) in [5.74, 6) is 0.298. The molecule has 0 heterocycles. The number of methoxy groups -OCH3 is 1. The minimum absolute atomic E-state index is 0.192. The second-order valence-electron chi connectivity index (χ2n) is 6.52. The Labute approximate surface area is 173 Å². The Kier molecular flexibility index (Phi) is 8.63. The van der Waals surface area contributed by atoms with Crippen LogP contribution in [0.25, 0.3) is 0 Å². The highest BCUT2D eigenvalue weighted by atomic mass is 32.2. The molecule has 0 saturated heterocycles. The highest BCUT2D eigenvalue weighted by Crippen LogP contribution is 2.22. The van der Waals surface area contributed by atoms with Crippen molar-refractivity contribution in [2.45, 2.75) is 38.1 Å². The van der Waals surface area contributed by atoms with Gasteiger partial charge >= 0.3 is 0 Å². The molecule has 7 nitrogen and oxygen atoms in total. The number of benzene rings is 2. The number of rotatable bonds is 10. The van der Waals surface area contributed by atoms with E-state index in [1.165, 1.54) is 18.2 Å². The van der Waals surface area contributed by atoms with Crippen LogP contribution in [0, 0.1) is 0 Å². The Balaban J connectivity index is 2.12. The zero-order valence-corrected chi connectivity index (χ0v) is 18.1. The summed E-state index contributed by atoms with van der Waals surface area (Å²) < 4.78 is 32.1. The average Bonchev–Trinajstić information content (AvgIpc) is 2.72. The second-order valence-corrected chi connectivity index (χ2v) is 8.29. The van der Waals surface area contributed by atoms with E-state index in [4.69, 9.17) is 10.5 Å². The molecular formula is C21H30N4O3S. The number of nitrogens with two attached hydrogens (primary N) is 1. The lowest BCUT2D eigenvalue weighted by Crippen LogP contribution is -2.27. The van der Waals surface area contributed by atoms with Crippen LogP contribution in [0.4, 0.5) is 5.69 Å². The quantitative estimate of drug-likeness (QED) is 0.312. The van der Waals surface area contributed by atoms with E-state index in [1.807, 2.05) is 12.1 Å². The van der Waals surface area contributed by atoms with Gasteiger partial charge in [0, 0.05) is 19.3 Å². The molecule has 0 spiro atoms. The lowest BCUT2D eigenvalue weighted by atomic mass is 10.0. The standard InChI is InChI=1S/C21H30N4O3S/c1-4-17-9-7-10-18(5-2)20(17)25-21(22)23-15-16-8-6-11-19(14-16)29(26,27)24-12-13-28-3/h6-11,14,24H,4-5,12-13,15H2,1-3H3,(H3,22,23,25). The fourth-order valence-electron chi connectivity index (χ4n) is 2.92. The molecule has 0 aromatic heterocycles. The number of para-hydroxylation sites is 1.